The number of rotatable bonds is 10. The van der Waals surface area contributed by atoms with Crippen LogP contribution in [-0.4, -0.2) is 31.8 Å². The Morgan fingerprint density at radius 1 is 1.18 bits per heavy atom. The maximum Gasteiger partial charge on any atom is 0.303 e. The Bertz CT molecular complexity index is 311. The van der Waals surface area contributed by atoms with Gasteiger partial charge >= 0.3 is 5.97 Å². The van der Waals surface area contributed by atoms with Crippen molar-refractivity contribution in [2.24, 2.45) is 5.92 Å². The van der Waals surface area contributed by atoms with Gasteiger partial charge in [0.05, 0.1) is 5.75 Å². The summed E-state index contributed by atoms with van der Waals surface area (Å²) < 4.78 is 25.4. The second-order valence-electron chi connectivity index (χ2n) is 4.63. The smallest absolute Gasteiger partial charge is 0.303 e. The predicted molar refractivity (Wildman–Crippen MR) is 67.3 cm³/mol. The van der Waals surface area contributed by atoms with Crippen molar-refractivity contribution in [2.45, 2.75) is 46.0 Å². The first kappa shape index (κ1) is 16.4. The van der Waals surface area contributed by atoms with Crippen molar-refractivity contribution in [1.82, 2.24) is 4.72 Å². The second-order valence-corrected chi connectivity index (χ2v) is 6.48. The Morgan fingerprint density at radius 2 is 1.76 bits per heavy atom. The summed E-state index contributed by atoms with van der Waals surface area (Å²) in [5, 5.41) is 8.42. The van der Waals surface area contributed by atoms with Gasteiger partial charge in [-0.3, -0.25) is 4.79 Å². The molecule has 0 fully saturated rings. The molecule has 0 saturated carbocycles. The molecule has 2 N–H and O–H groups in total. The SMILES string of the molecule is CC(C)CS(=O)(=O)NCCCCCCC(=O)O. The molecule has 0 amide bonds. The Kier molecular flexibility index (Phi) is 8.16. The van der Waals surface area contributed by atoms with Gasteiger partial charge in [0, 0.05) is 13.0 Å². The summed E-state index contributed by atoms with van der Waals surface area (Å²) in [5.74, 6) is -0.489. The molecule has 0 bridgehead atoms. The first-order valence-corrected chi connectivity index (χ1v) is 7.68. The fraction of sp³-hybridized carbons (Fsp3) is 0.909. The maximum atomic E-state index is 11.4. The van der Waals surface area contributed by atoms with Crippen LogP contribution in [0.1, 0.15) is 46.0 Å². The molecule has 17 heavy (non-hydrogen) atoms. The molecule has 0 heterocycles. The standard InChI is InChI=1S/C11H23NO4S/c1-10(2)9-17(15,16)12-8-6-4-3-5-7-11(13)14/h10,12H,3-9H2,1-2H3,(H,13,14). The van der Waals surface area contributed by atoms with Crippen LogP contribution in [0.4, 0.5) is 0 Å². The van der Waals surface area contributed by atoms with E-state index in [0.29, 0.717) is 13.0 Å². The van der Waals surface area contributed by atoms with Gasteiger partial charge in [-0.25, -0.2) is 13.1 Å². The molecule has 0 radical (unpaired) electrons. The Balaban J connectivity index is 3.48. The molecule has 0 unspecified atom stereocenters. The lowest BCUT2D eigenvalue weighted by Crippen LogP contribution is -2.29. The first-order valence-electron chi connectivity index (χ1n) is 6.02. The zero-order valence-corrected chi connectivity index (χ0v) is 11.4. The highest BCUT2D eigenvalue weighted by atomic mass is 32.2. The fourth-order valence-corrected chi connectivity index (χ4v) is 2.93. The van der Waals surface area contributed by atoms with E-state index < -0.39 is 16.0 Å². The molecule has 0 aliphatic carbocycles. The van der Waals surface area contributed by atoms with Gasteiger partial charge < -0.3 is 5.11 Å². The van der Waals surface area contributed by atoms with E-state index in [0.717, 1.165) is 19.3 Å². The summed E-state index contributed by atoms with van der Waals surface area (Å²) in [6.45, 7) is 4.18. The van der Waals surface area contributed by atoms with E-state index in [9.17, 15) is 13.2 Å². The third-order valence-electron chi connectivity index (χ3n) is 2.19. The molecule has 102 valence electrons. The highest BCUT2D eigenvalue weighted by Crippen LogP contribution is 2.03. The van der Waals surface area contributed by atoms with Crippen LogP contribution in [0.25, 0.3) is 0 Å². The number of carboxylic acids is 1. The number of aliphatic carboxylic acids is 1. The summed E-state index contributed by atoms with van der Waals surface area (Å²) in [6.07, 6.45) is 3.31. The molecule has 6 heteroatoms. The number of unbranched alkanes of at least 4 members (excludes halogenated alkanes) is 3. The zero-order valence-electron chi connectivity index (χ0n) is 10.6. The van der Waals surface area contributed by atoms with E-state index in [1.807, 2.05) is 13.8 Å². The van der Waals surface area contributed by atoms with Crippen LogP contribution in [0.15, 0.2) is 0 Å². The van der Waals surface area contributed by atoms with Crippen molar-refractivity contribution in [3.63, 3.8) is 0 Å². The average Bonchev–Trinajstić information content (AvgIpc) is 2.13. The molecule has 5 nitrogen and oxygen atoms in total. The van der Waals surface area contributed by atoms with Gasteiger partial charge in [0.25, 0.3) is 0 Å². The third-order valence-corrected chi connectivity index (χ3v) is 3.94. The van der Waals surface area contributed by atoms with Gasteiger partial charge in [0.15, 0.2) is 0 Å². The van der Waals surface area contributed by atoms with Gasteiger partial charge in [-0.15, -0.1) is 0 Å². The number of sulfonamides is 1. The van der Waals surface area contributed by atoms with Crippen LogP contribution in [0.5, 0.6) is 0 Å². The third kappa shape index (κ3) is 11.6. The van der Waals surface area contributed by atoms with E-state index >= 15 is 0 Å². The van der Waals surface area contributed by atoms with Crippen LogP contribution in [0.2, 0.25) is 0 Å². The van der Waals surface area contributed by atoms with E-state index in [4.69, 9.17) is 5.11 Å². The molecule has 0 rings (SSSR count). The summed E-state index contributed by atoms with van der Waals surface area (Å²) >= 11 is 0. The minimum absolute atomic E-state index is 0.128. The lowest BCUT2D eigenvalue weighted by atomic mass is 10.1. The monoisotopic (exact) mass is 265 g/mol. The molecule has 0 aromatic carbocycles. The summed E-state index contributed by atoms with van der Waals surface area (Å²) in [5.41, 5.74) is 0. The normalized spacial score (nSPS) is 11.9. The van der Waals surface area contributed by atoms with E-state index in [1.54, 1.807) is 0 Å². The number of carbonyl (C=O) groups is 1. The molecule has 0 atom stereocenters. The molecule has 0 aromatic rings. The number of hydrogen-bond acceptors (Lipinski definition) is 3. The van der Waals surface area contributed by atoms with E-state index in [-0.39, 0.29) is 18.1 Å². The molecule has 0 spiro atoms. The van der Waals surface area contributed by atoms with Gasteiger partial charge in [0.2, 0.25) is 10.0 Å². The lowest BCUT2D eigenvalue weighted by molar-refractivity contribution is -0.137. The van der Waals surface area contributed by atoms with E-state index in [1.165, 1.54) is 0 Å². The minimum Gasteiger partial charge on any atom is -0.481 e. The highest BCUT2D eigenvalue weighted by molar-refractivity contribution is 7.89. The molecule has 0 aromatic heterocycles. The fourth-order valence-electron chi connectivity index (χ4n) is 1.48. The predicted octanol–water partition coefficient (Wildman–Crippen LogP) is 1.60. The molecular weight excluding hydrogens is 242 g/mol. The molecule has 0 saturated heterocycles. The van der Waals surface area contributed by atoms with Crippen LogP contribution >= 0.6 is 0 Å². The molecule has 0 aliphatic heterocycles. The van der Waals surface area contributed by atoms with Gasteiger partial charge in [-0.1, -0.05) is 26.7 Å². The Hall–Kier alpha value is -0.620. The van der Waals surface area contributed by atoms with Crippen molar-refractivity contribution < 1.29 is 18.3 Å². The topological polar surface area (TPSA) is 83.5 Å². The first-order chi connectivity index (χ1) is 7.83. The average molecular weight is 265 g/mol. The van der Waals surface area contributed by atoms with Gasteiger partial charge in [0.1, 0.15) is 0 Å². The minimum atomic E-state index is -3.13. The van der Waals surface area contributed by atoms with Gasteiger partial charge in [-0.2, -0.15) is 0 Å². The quantitative estimate of drug-likeness (QED) is 0.588. The number of nitrogens with one attached hydrogen (secondary N) is 1. The number of hydrogen-bond donors (Lipinski definition) is 2. The second kappa shape index (κ2) is 8.47. The van der Waals surface area contributed by atoms with Crippen molar-refractivity contribution in [2.75, 3.05) is 12.3 Å². The van der Waals surface area contributed by atoms with Crippen LogP contribution in [0, 0.1) is 5.92 Å². The summed E-state index contributed by atoms with van der Waals surface area (Å²) in [7, 11) is -3.13. The zero-order chi connectivity index (χ0) is 13.3. The van der Waals surface area contributed by atoms with Gasteiger partial charge in [-0.05, 0) is 18.8 Å². The lowest BCUT2D eigenvalue weighted by Gasteiger charge is -2.08. The van der Waals surface area contributed by atoms with Crippen molar-refractivity contribution >= 4 is 16.0 Å². The Labute approximate surface area is 104 Å². The summed E-state index contributed by atoms with van der Waals surface area (Å²) in [4.78, 5) is 10.2. The Morgan fingerprint density at radius 3 is 2.29 bits per heavy atom. The van der Waals surface area contributed by atoms with Crippen LogP contribution in [-0.2, 0) is 14.8 Å². The molecule has 0 aliphatic rings. The maximum absolute atomic E-state index is 11.4. The summed E-state index contributed by atoms with van der Waals surface area (Å²) in [6, 6.07) is 0. The van der Waals surface area contributed by atoms with Crippen molar-refractivity contribution in [3.8, 4) is 0 Å². The van der Waals surface area contributed by atoms with Crippen molar-refractivity contribution in [3.05, 3.63) is 0 Å². The van der Waals surface area contributed by atoms with Crippen molar-refractivity contribution in [1.29, 1.82) is 0 Å². The van der Waals surface area contributed by atoms with Crippen LogP contribution < -0.4 is 4.72 Å². The molecular formula is C11H23NO4S. The van der Waals surface area contributed by atoms with E-state index in [2.05, 4.69) is 4.72 Å². The highest BCUT2D eigenvalue weighted by Gasteiger charge is 2.11. The van der Waals surface area contributed by atoms with Crippen LogP contribution in [0.3, 0.4) is 0 Å². The number of carboxylic acid groups (broad SMARTS) is 1. The largest absolute Gasteiger partial charge is 0.481 e.